The molecule has 1 aromatic rings. The molecule has 0 bridgehead atoms. The van der Waals surface area contributed by atoms with E-state index in [1.54, 1.807) is 55.4 Å². The zero-order valence-corrected chi connectivity index (χ0v) is 56.4. The smallest absolute Gasteiger partial charge is 0.329 e. The third-order valence-corrected chi connectivity index (χ3v) is 18.4. The summed E-state index contributed by atoms with van der Waals surface area (Å²) in [4.78, 5) is 199. The Morgan fingerprint density at radius 2 is 1.14 bits per heavy atom. The standard InChI is InChI=1S/C60H80Br2N12O17/c1-24(2)40-57(85)73-19-15-16-33(73)55(83)69(11)22-35(76)71(13)46(26(5)6)59(87)89-28(9)42(53(81)65-40)67-51(79)31-17-18-32(61)49-44(31)64-45-37(39(63)48(78)38(62)50(45)91-49)52(80)68-43-29(10)90-60(88)47(27(7)8)72(14)36(77)23-70(12)56(84)34-20-30(75)21-74(34)58(86)41(25(3)4)66-54(43)82/h17-18,24-30,33-34,40-43,46-47,75H,15-16,19-23,63H2,1-14H3,(H,65,81)(H,66,82)(H,67,79)(H,68,80)/t28-,29-,30+,33+,34+,40-,41-,42+,43+,46+,47+/m1/s1. The fraction of sp³-hybridized carbons (Fsp3) is 0.600. The number of likely N-dealkylation sites (N-methyl/N-ethyl adjacent to an activating group) is 4. The average molecular weight is 1400 g/mol. The molecule has 7 N–H and O–H groups in total. The van der Waals surface area contributed by atoms with Crippen molar-refractivity contribution in [1.82, 2.24) is 55.7 Å². The average Bonchev–Trinajstić information content (AvgIpc) is 1.27. The number of nitrogens with zero attached hydrogens (tertiary/aromatic N) is 7. The van der Waals surface area contributed by atoms with Crippen LogP contribution in [0.1, 0.15) is 109 Å². The first-order chi connectivity index (χ1) is 42.5. The Labute approximate surface area is 542 Å². The van der Waals surface area contributed by atoms with Crippen LogP contribution in [0.25, 0.3) is 22.6 Å². The van der Waals surface area contributed by atoms with E-state index < -0.39 is 203 Å². The normalized spacial score (nSPS) is 26.9. The van der Waals surface area contributed by atoms with Gasteiger partial charge in [0, 0.05) is 47.7 Å². The highest BCUT2D eigenvalue weighted by Crippen LogP contribution is 2.38. The number of amides is 10. The summed E-state index contributed by atoms with van der Waals surface area (Å²) >= 11 is 6.62. The molecule has 0 radical (unpaired) electrons. The number of halogens is 2. The molecule has 1 aromatic carbocycles. The van der Waals surface area contributed by atoms with Crippen molar-refractivity contribution in [2.45, 2.75) is 155 Å². The second kappa shape index (κ2) is 28.4. The first-order valence-electron chi connectivity index (χ1n) is 30.0. The van der Waals surface area contributed by atoms with Gasteiger partial charge in [0.15, 0.2) is 11.3 Å². The van der Waals surface area contributed by atoms with Crippen LogP contribution in [0.4, 0.5) is 5.69 Å². The summed E-state index contributed by atoms with van der Waals surface area (Å²) in [6, 6.07) is -8.71. The molecule has 11 atom stereocenters. The number of aliphatic hydroxyl groups is 1. The Hall–Kier alpha value is -7.80. The van der Waals surface area contributed by atoms with E-state index in [0.29, 0.717) is 6.42 Å². The highest BCUT2D eigenvalue weighted by molar-refractivity contribution is 9.11. The number of cyclic esters (lactones) is 2. The van der Waals surface area contributed by atoms with E-state index in [4.69, 9.17) is 24.6 Å². The first-order valence-corrected chi connectivity index (χ1v) is 31.6. The molecule has 29 nitrogen and oxygen atoms in total. The molecule has 91 heavy (non-hydrogen) atoms. The summed E-state index contributed by atoms with van der Waals surface area (Å²) in [6.07, 6.45) is -3.83. The highest BCUT2D eigenvalue weighted by atomic mass is 79.9. The van der Waals surface area contributed by atoms with Crippen molar-refractivity contribution in [2.75, 3.05) is 60.1 Å². The van der Waals surface area contributed by atoms with Gasteiger partial charge in [-0.3, -0.25) is 52.7 Å². The lowest BCUT2D eigenvalue weighted by Gasteiger charge is -2.36. The van der Waals surface area contributed by atoms with Crippen LogP contribution < -0.4 is 32.4 Å². The number of carbonyl (C=O) groups excluding carboxylic acids is 12. The maximum atomic E-state index is 15.2. The number of fused-ring (bicyclic) bond motifs is 4. The van der Waals surface area contributed by atoms with Crippen molar-refractivity contribution < 1.29 is 76.5 Å². The van der Waals surface area contributed by atoms with Crippen molar-refractivity contribution in [1.29, 1.82) is 0 Å². The topological polar surface area (TPSA) is 380 Å². The number of benzene rings is 2. The predicted octanol–water partition coefficient (Wildman–Crippen LogP) is 0.605. The van der Waals surface area contributed by atoms with Crippen molar-refractivity contribution in [3.63, 3.8) is 0 Å². The molecule has 496 valence electrons. The summed E-state index contributed by atoms with van der Waals surface area (Å²) in [5.74, 6) is -13.4. The van der Waals surface area contributed by atoms with Gasteiger partial charge < -0.3 is 75.4 Å². The van der Waals surface area contributed by atoms with Gasteiger partial charge in [0.05, 0.1) is 40.5 Å². The van der Waals surface area contributed by atoms with Gasteiger partial charge in [0.25, 0.3) is 11.8 Å². The number of esters is 2. The Kier molecular flexibility index (Phi) is 22.0. The van der Waals surface area contributed by atoms with Gasteiger partial charge in [-0.1, -0.05) is 55.4 Å². The Morgan fingerprint density at radius 3 is 1.63 bits per heavy atom. The molecule has 1 aliphatic carbocycles. The molecule has 0 spiro atoms. The molecule has 6 aliphatic rings. The number of nitrogens with one attached hydrogen (secondary N) is 4. The number of hydrogen-bond donors (Lipinski definition) is 6. The van der Waals surface area contributed by atoms with Crippen molar-refractivity contribution in [3.05, 3.63) is 42.4 Å². The molecule has 5 aliphatic heterocycles. The van der Waals surface area contributed by atoms with Gasteiger partial charge in [-0.25, -0.2) is 14.6 Å². The fourth-order valence-corrected chi connectivity index (χ4v) is 12.8. The third-order valence-electron chi connectivity index (χ3n) is 17.0. The minimum atomic E-state index is -1.96. The van der Waals surface area contributed by atoms with Gasteiger partial charge >= 0.3 is 11.9 Å². The van der Waals surface area contributed by atoms with Crippen LogP contribution in [0.15, 0.2) is 30.3 Å². The minimum Gasteiger partial charge on any atom is -0.458 e. The van der Waals surface area contributed by atoms with Crippen molar-refractivity contribution in [3.8, 4) is 11.5 Å². The number of nitrogens with two attached hydrogens (primary N) is 1. The lowest BCUT2D eigenvalue weighted by atomic mass is 9.99. The number of nitrogen functional groups attached to an aromatic ring is 1. The number of carbonyl (C=O) groups is 12. The quantitative estimate of drug-likeness (QED) is 0.102. The summed E-state index contributed by atoms with van der Waals surface area (Å²) in [7, 11) is 5.44. The number of rotatable bonds is 8. The largest absolute Gasteiger partial charge is 0.458 e. The van der Waals surface area contributed by atoms with Gasteiger partial charge in [0.1, 0.15) is 76.2 Å². The Bertz CT molecular complexity index is 3470. The van der Waals surface area contributed by atoms with Crippen LogP contribution >= 0.6 is 31.9 Å². The van der Waals surface area contributed by atoms with E-state index in [1.807, 2.05) is 0 Å². The van der Waals surface area contributed by atoms with E-state index in [1.165, 1.54) is 64.0 Å². The molecule has 0 aromatic heterocycles. The highest BCUT2D eigenvalue weighted by Gasteiger charge is 2.48. The second-order valence-corrected chi connectivity index (χ2v) is 26.8. The van der Waals surface area contributed by atoms with Gasteiger partial charge in [-0.05, 0) is 94.4 Å². The van der Waals surface area contributed by atoms with Crippen LogP contribution in [-0.2, 0) is 57.4 Å². The summed E-state index contributed by atoms with van der Waals surface area (Å²) in [5, 5.41) is 21.3. The molecule has 4 saturated heterocycles. The van der Waals surface area contributed by atoms with Gasteiger partial charge in [0.2, 0.25) is 52.7 Å². The third kappa shape index (κ3) is 14.5. The van der Waals surface area contributed by atoms with Gasteiger partial charge in [-0.2, -0.15) is 0 Å². The number of aromatic nitrogens is 1. The Morgan fingerprint density at radius 1 is 0.670 bits per heavy atom. The summed E-state index contributed by atoms with van der Waals surface area (Å²) in [5.41, 5.74) is 2.62. The lowest BCUT2D eigenvalue weighted by Crippen LogP contribution is -2.61. The minimum absolute atomic E-state index is 0.146. The maximum Gasteiger partial charge on any atom is 0.329 e. The monoisotopic (exact) mass is 1400 g/mol. The molecule has 4 fully saturated rings. The SMILES string of the molecule is CC(C)[C@H]1C(=O)O[C@H](C)[C@H](NC(=O)c2c3nc4c(C(=O)N[C@@H]5C(=O)N[C@H](C(C)C)C(=O)N6CCC[C@H]6C(=O)N(C)CC(=O)N(C)[C@@H](C(C)C)C(=O)O[C@@H]5C)ccc(Br)c4oc-3c(Br)c(=O)c2N)C(=O)N[C@H](C(C)C)C(=O)N2C[C@@H](O)C[C@H]2C(=O)N(C)CC(=O)N1C. The predicted molar refractivity (Wildman–Crippen MR) is 333 cm³/mol. The maximum absolute atomic E-state index is 15.2. The molecular formula is C60H80Br2N12O17. The van der Waals surface area contributed by atoms with E-state index in [9.17, 15) is 57.8 Å². The molecular weight excluding hydrogens is 1320 g/mol. The van der Waals surface area contributed by atoms with E-state index in [-0.39, 0.29) is 51.5 Å². The van der Waals surface area contributed by atoms with Crippen LogP contribution in [0.5, 0.6) is 0 Å². The van der Waals surface area contributed by atoms with Crippen molar-refractivity contribution in [2.24, 2.45) is 23.7 Å². The molecule has 0 saturated carbocycles. The zero-order valence-electron chi connectivity index (χ0n) is 53.2. The van der Waals surface area contributed by atoms with Crippen LogP contribution in [0, 0.1) is 23.7 Å². The summed E-state index contributed by atoms with van der Waals surface area (Å²) in [6.45, 7) is 14.5. The molecule has 5 heterocycles. The first kappa shape index (κ1) is 70.7. The number of anilines is 1. The van der Waals surface area contributed by atoms with Gasteiger partial charge in [-0.15, -0.1) is 0 Å². The van der Waals surface area contributed by atoms with Crippen molar-refractivity contribution >= 4 is 120 Å². The van der Waals surface area contributed by atoms with Crippen LogP contribution in [0.3, 0.4) is 0 Å². The van der Waals surface area contributed by atoms with E-state index >= 15 is 9.59 Å². The molecule has 0 unspecified atom stereocenters. The fourth-order valence-electron chi connectivity index (χ4n) is 11.9. The van der Waals surface area contributed by atoms with E-state index in [2.05, 4.69) is 53.1 Å². The second-order valence-electron chi connectivity index (χ2n) is 25.1. The van der Waals surface area contributed by atoms with Crippen LogP contribution in [-0.4, -0.2) is 232 Å². The molecule has 7 rings (SSSR count). The molecule has 10 amide bonds. The Balaban J connectivity index is 1.32. The number of ether oxygens (including phenoxy) is 2. The lowest BCUT2D eigenvalue weighted by molar-refractivity contribution is -0.163. The summed E-state index contributed by atoms with van der Waals surface area (Å²) < 4.78 is 17.9. The number of hydrogen-bond acceptors (Lipinski definition) is 19. The number of aliphatic hydroxyl groups excluding tert-OH is 1. The van der Waals surface area contributed by atoms with E-state index in [0.717, 1.165) is 19.6 Å². The molecule has 31 heteroatoms. The zero-order chi connectivity index (χ0) is 67.8. The van der Waals surface area contributed by atoms with Crippen LogP contribution in [0.2, 0.25) is 0 Å².